The van der Waals surface area contributed by atoms with Crippen molar-refractivity contribution in [1.82, 2.24) is 4.72 Å². The average molecular weight is 349 g/mol. The van der Waals surface area contributed by atoms with Crippen LogP contribution in [0.15, 0.2) is 24.3 Å². The van der Waals surface area contributed by atoms with E-state index in [9.17, 15) is 13.2 Å². The maximum absolute atomic E-state index is 12.3. The monoisotopic (exact) mass is 348 g/mol. The van der Waals surface area contributed by atoms with Gasteiger partial charge in [0.2, 0.25) is 0 Å². The number of nitrogens with one attached hydrogen (secondary N) is 1. The third-order valence-electron chi connectivity index (χ3n) is 3.01. The zero-order chi connectivity index (χ0) is 16.5. The van der Waals surface area contributed by atoms with E-state index in [1.807, 2.05) is 25.9 Å². The van der Waals surface area contributed by atoms with Crippen LogP contribution < -0.4 is 9.03 Å². The Balaban J connectivity index is 2.35. The Kier molecular flexibility index (Phi) is 4.55. The molecular formula is C13H19ClN3O4S+. The summed E-state index contributed by atoms with van der Waals surface area (Å²) in [4.78, 5) is 11.7. The van der Waals surface area contributed by atoms with Crippen LogP contribution in [0, 0.1) is 0 Å². The summed E-state index contributed by atoms with van der Waals surface area (Å²) >= 11 is 5.83. The summed E-state index contributed by atoms with van der Waals surface area (Å²) in [6, 6.07) is 6.35. The Morgan fingerprint density at radius 1 is 1.32 bits per heavy atom. The molecule has 9 heteroatoms. The van der Waals surface area contributed by atoms with Gasteiger partial charge in [-0.05, 0) is 24.3 Å². The van der Waals surface area contributed by atoms with Crippen LogP contribution in [0.5, 0.6) is 0 Å². The van der Waals surface area contributed by atoms with Gasteiger partial charge in [-0.1, -0.05) is 11.6 Å². The number of cyclic esters (lactones) is 1. The molecule has 1 aromatic carbocycles. The van der Waals surface area contributed by atoms with Crippen LogP contribution in [-0.4, -0.2) is 59.3 Å². The Morgan fingerprint density at radius 3 is 2.45 bits per heavy atom. The highest BCUT2D eigenvalue weighted by atomic mass is 35.5. The minimum absolute atomic E-state index is 0.0399. The molecule has 122 valence electrons. The van der Waals surface area contributed by atoms with Gasteiger partial charge >= 0.3 is 16.3 Å². The van der Waals surface area contributed by atoms with Crippen LogP contribution in [-0.2, 0) is 14.9 Å². The van der Waals surface area contributed by atoms with Crippen LogP contribution in [0.4, 0.5) is 10.5 Å². The summed E-state index contributed by atoms with van der Waals surface area (Å²) in [7, 11) is 1.81. The molecule has 0 radical (unpaired) electrons. The van der Waals surface area contributed by atoms with Crippen molar-refractivity contribution in [3.8, 4) is 0 Å². The molecule has 0 unspecified atom stereocenters. The normalized spacial score (nSPS) is 21.7. The zero-order valence-corrected chi connectivity index (χ0v) is 14.2. The van der Waals surface area contributed by atoms with Crippen molar-refractivity contribution in [3.63, 3.8) is 0 Å². The third-order valence-corrected chi connectivity index (χ3v) is 4.63. The maximum Gasteiger partial charge on any atom is 0.422 e. The smallest absolute Gasteiger partial charge is 0.422 e. The van der Waals surface area contributed by atoms with E-state index < -0.39 is 22.4 Å². The number of ether oxygens (including phenoxy) is 1. The van der Waals surface area contributed by atoms with Gasteiger partial charge in [0, 0.05) is 5.02 Å². The molecule has 7 nitrogen and oxygen atoms in total. The number of likely N-dealkylation sites (N-methyl/N-ethyl adjacent to an activating group) is 1. The molecule has 1 aromatic rings. The SMILES string of the molecule is C[N+](C)(C)C[C@H]1CN(c2ccc(Cl)cc2)S(=O)(=O)NC(=O)O1. The Morgan fingerprint density at radius 2 is 1.91 bits per heavy atom. The molecular weight excluding hydrogens is 330 g/mol. The Bertz CT molecular complexity index is 655. The molecule has 2 rings (SSSR count). The lowest BCUT2D eigenvalue weighted by molar-refractivity contribution is -0.873. The Hall–Kier alpha value is -1.51. The molecule has 1 aliphatic heterocycles. The summed E-state index contributed by atoms with van der Waals surface area (Å²) < 4.78 is 33.3. The van der Waals surface area contributed by atoms with E-state index in [0.29, 0.717) is 21.7 Å². The van der Waals surface area contributed by atoms with Crippen LogP contribution in [0.25, 0.3) is 0 Å². The lowest BCUT2D eigenvalue weighted by Gasteiger charge is -2.29. The van der Waals surface area contributed by atoms with E-state index in [4.69, 9.17) is 16.3 Å². The number of quaternary nitrogens is 1. The zero-order valence-electron chi connectivity index (χ0n) is 12.6. The first-order chi connectivity index (χ1) is 10.1. The molecule has 1 aliphatic rings. The molecule has 1 N–H and O–H groups in total. The molecule has 1 atom stereocenters. The van der Waals surface area contributed by atoms with Crippen molar-refractivity contribution < 1.29 is 22.4 Å². The summed E-state index contributed by atoms with van der Waals surface area (Å²) in [6.45, 7) is 0.519. The van der Waals surface area contributed by atoms with Gasteiger partial charge < -0.3 is 9.22 Å². The van der Waals surface area contributed by atoms with Crippen molar-refractivity contribution in [1.29, 1.82) is 0 Å². The van der Waals surface area contributed by atoms with E-state index >= 15 is 0 Å². The first kappa shape index (κ1) is 16.9. The molecule has 0 saturated carbocycles. The lowest BCUT2D eigenvalue weighted by atomic mass is 10.2. The van der Waals surface area contributed by atoms with Crippen molar-refractivity contribution in [2.75, 3.05) is 38.5 Å². The summed E-state index contributed by atoms with van der Waals surface area (Å²) in [5, 5.41) is 0.499. The molecule has 0 bridgehead atoms. The highest BCUT2D eigenvalue weighted by Gasteiger charge is 2.36. The average Bonchev–Trinajstić information content (AvgIpc) is 2.44. The second-order valence-corrected chi connectivity index (χ2v) is 8.15. The molecule has 0 aromatic heterocycles. The van der Waals surface area contributed by atoms with Gasteiger partial charge in [0.05, 0.1) is 33.4 Å². The van der Waals surface area contributed by atoms with E-state index in [1.165, 1.54) is 0 Å². The van der Waals surface area contributed by atoms with Gasteiger partial charge in [-0.3, -0.25) is 0 Å². The Labute approximate surface area is 135 Å². The quantitative estimate of drug-likeness (QED) is 0.833. The number of hydrogen-bond donors (Lipinski definition) is 1. The third kappa shape index (κ3) is 4.25. The van der Waals surface area contributed by atoms with Gasteiger partial charge in [-0.2, -0.15) is 8.42 Å². The highest BCUT2D eigenvalue weighted by Crippen LogP contribution is 2.23. The largest absolute Gasteiger partial charge is 0.438 e. The second-order valence-electron chi connectivity index (χ2n) is 6.11. The molecule has 1 amide bonds. The number of nitrogens with zero attached hydrogens (tertiary/aromatic N) is 2. The summed E-state index contributed by atoms with van der Waals surface area (Å²) in [6.07, 6.45) is -1.53. The fraction of sp³-hybridized carbons (Fsp3) is 0.462. The van der Waals surface area contributed by atoms with Gasteiger partial charge in [0.15, 0.2) is 6.10 Å². The molecule has 1 saturated heterocycles. The van der Waals surface area contributed by atoms with E-state index in [-0.39, 0.29) is 6.54 Å². The number of rotatable bonds is 3. The van der Waals surface area contributed by atoms with Crippen molar-refractivity contribution in [2.45, 2.75) is 6.10 Å². The van der Waals surface area contributed by atoms with Crippen molar-refractivity contribution in [3.05, 3.63) is 29.3 Å². The van der Waals surface area contributed by atoms with E-state index in [0.717, 1.165) is 4.31 Å². The van der Waals surface area contributed by atoms with E-state index in [2.05, 4.69) is 0 Å². The predicted octanol–water partition coefficient (Wildman–Crippen LogP) is 1.21. The maximum atomic E-state index is 12.3. The van der Waals surface area contributed by atoms with Crippen LogP contribution in [0.2, 0.25) is 5.02 Å². The first-order valence-corrected chi connectivity index (χ1v) is 8.46. The number of benzene rings is 1. The van der Waals surface area contributed by atoms with Crippen molar-refractivity contribution in [2.24, 2.45) is 0 Å². The molecule has 1 heterocycles. The number of carbonyl (C=O) groups is 1. The fourth-order valence-corrected chi connectivity index (χ4v) is 3.47. The van der Waals surface area contributed by atoms with Crippen molar-refractivity contribution >= 4 is 33.6 Å². The lowest BCUT2D eigenvalue weighted by Crippen LogP contribution is -2.47. The topological polar surface area (TPSA) is 75.7 Å². The van der Waals surface area contributed by atoms with Gasteiger partial charge in [-0.25, -0.2) is 13.8 Å². The number of halogens is 1. The van der Waals surface area contributed by atoms with E-state index in [1.54, 1.807) is 24.3 Å². The fourth-order valence-electron chi connectivity index (χ4n) is 2.21. The second kappa shape index (κ2) is 5.94. The highest BCUT2D eigenvalue weighted by molar-refractivity contribution is 7.91. The number of carbonyl (C=O) groups excluding carboxylic acids is 1. The van der Waals surface area contributed by atoms with Crippen LogP contribution in [0.3, 0.4) is 0 Å². The van der Waals surface area contributed by atoms with Crippen LogP contribution >= 0.6 is 11.6 Å². The minimum Gasteiger partial charge on any atom is -0.438 e. The van der Waals surface area contributed by atoms with Gasteiger partial charge in [-0.15, -0.1) is 0 Å². The standard InChI is InChI=1S/C13H18ClN3O4S/c1-17(2,3)9-12-8-16(11-6-4-10(14)5-7-11)22(19,20)15-13(18)21-12/h4-7,12H,8-9H2,1-3H3/p+1/t12-/m1/s1. The first-order valence-electron chi connectivity index (χ1n) is 6.64. The van der Waals surface area contributed by atoms with Crippen LogP contribution in [0.1, 0.15) is 0 Å². The van der Waals surface area contributed by atoms with Gasteiger partial charge in [0.25, 0.3) is 0 Å². The predicted molar refractivity (Wildman–Crippen MR) is 84.0 cm³/mol. The molecule has 0 aliphatic carbocycles. The molecule has 0 spiro atoms. The van der Waals surface area contributed by atoms with Gasteiger partial charge in [0.1, 0.15) is 6.54 Å². The number of anilines is 1. The molecule has 1 fully saturated rings. The molecule has 22 heavy (non-hydrogen) atoms. The number of hydrogen-bond acceptors (Lipinski definition) is 4. The minimum atomic E-state index is -4.00. The summed E-state index contributed by atoms with van der Waals surface area (Å²) in [5.41, 5.74) is 0.418. The number of amides is 1. The summed E-state index contributed by atoms with van der Waals surface area (Å²) in [5.74, 6) is 0.